The Labute approximate surface area is 273 Å². The van der Waals surface area contributed by atoms with Gasteiger partial charge < -0.3 is 11.5 Å². The van der Waals surface area contributed by atoms with Crippen molar-refractivity contribution in [1.82, 2.24) is 72.0 Å². The van der Waals surface area contributed by atoms with E-state index in [1.54, 1.807) is 0 Å². The van der Waals surface area contributed by atoms with E-state index in [-0.39, 0.29) is 80.9 Å². The lowest BCUT2D eigenvalue weighted by molar-refractivity contribution is 0.233. The molecule has 0 spiro atoms. The molecule has 0 unspecified atom stereocenters. The summed E-state index contributed by atoms with van der Waals surface area (Å²) in [6.45, 7) is 0.0520. The van der Waals surface area contributed by atoms with Crippen molar-refractivity contribution >= 4 is 58.1 Å². The van der Waals surface area contributed by atoms with E-state index in [4.69, 9.17) is 34.7 Å². The van der Waals surface area contributed by atoms with Crippen molar-refractivity contribution in [2.75, 3.05) is 11.5 Å². The summed E-state index contributed by atoms with van der Waals surface area (Å²) in [4.78, 5) is 9.32. The summed E-state index contributed by atoms with van der Waals surface area (Å²) in [6.07, 6.45) is 0. The third-order valence-electron chi connectivity index (χ3n) is 5.68. The van der Waals surface area contributed by atoms with E-state index >= 15 is 0 Å². The van der Waals surface area contributed by atoms with Crippen LogP contribution in [0.3, 0.4) is 0 Å². The number of tetrazole rings is 2. The molecule has 6 rings (SSSR count). The van der Waals surface area contributed by atoms with Crippen molar-refractivity contribution in [3.8, 4) is 0 Å². The molecule has 0 bridgehead atoms. The van der Waals surface area contributed by atoms with Crippen LogP contribution in [-0.4, -0.2) is 83.1 Å². The fourth-order valence-electron chi connectivity index (χ4n) is 3.53. The van der Waals surface area contributed by atoms with Gasteiger partial charge in [-0.25, -0.2) is 32.7 Å². The zero-order valence-electron chi connectivity index (χ0n) is 23.5. The summed E-state index contributed by atoms with van der Waals surface area (Å²) in [5.74, 6) is -1.32. The van der Waals surface area contributed by atoms with Gasteiger partial charge in [0, 0.05) is 0 Å². The number of halogens is 4. The number of hydrogen-bond acceptors (Lipinski definition) is 18. The molecule has 0 aliphatic heterocycles. The van der Waals surface area contributed by atoms with Crippen LogP contribution >= 0.6 is 23.2 Å². The van der Waals surface area contributed by atoms with Crippen LogP contribution in [0.2, 0.25) is 10.0 Å². The van der Waals surface area contributed by atoms with Gasteiger partial charge >= 0.3 is 0 Å². The molecule has 0 atom stereocenters. The molecule has 2 aromatic carbocycles. The number of nitrogens with zero attached hydrogens (tertiary/aromatic N) is 14. The van der Waals surface area contributed by atoms with Crippen LogP contribution in [0.1, 0.15) is 22.8 Å². The van der Waals surface area contributed by atoms with Crippen molar-refractivity contribution in [2.24, 2.45) is 9.98 Å². The maximum absolute atomic E-state index is 13.2. The summed E-state index contributed by atoms with van der Waals surface area (Å²) < 4.78 is 36.9. The SMILES string of the molecule is Nc1nnn(Cc2nonc2C(=Nc2ccc(F)c(Cl)c2)NO)n1.Nc1nnnn1Cc1nonc1C(=Nc1ccc(F)c(Cl)c1)NO. The average molecular weight is 707 g/mol. The number of nitrogen functional groups attached to an aromatic ring is 2. The van der Waals surface area contributed by atoms with Gasteiger partial charge in [-0.2, -0.15) is 4.80 Å². The molecular formula is C22H18Cl2F2N18O4. The Hall–Kier alpha value is -6.24. The number of benzene rings is 2. The Balaban J connectivity index is 0.000000188. The van der Waals surface area contributed by atoms with Crippen molar-refractivity contribution in [3.05, 3.63) is 80.9 Å². The van der Waals surface area contributed by atoms with Crippen molar-refractivity contribution < 1.29 is 28.5 Å². The highest BCUT2D eigenvalue weighted by Crippen LogP contribution is 2.23. The lowest BCUT2D eigenvalue weighted by Gasteiger charge is -2.04. The van der Waals surface area contributed by atoms with Crippen molar-refractivity contribution in [2.45, 2.75) is 13.1 Å². The Morgan fingerprint density at radius 2 is 1.33 bits per heavy atom. The summed E-state index contributed by atoms with van der Waals surface area (Å²) in [7, 11) is 0. The van der Waals surface area contributed by atoms with Gasteiger partial charge in [0.1, 0.15) is 29.6 Å². The summed E-state index contributed by atoms with van der Waals surface area (Å²) >= 11 is 11.4. The number of anilines is 2. The third kappa shape index (κ3) is 7.94. The van der Waals surface area contributed by atoms with Crippen LogP contribution in [0.15, 0.2) is 55.6 Å². The van der Waals surface area contributed by atoms with Gasteiger partial charge in [0.2, 0.25) is 5.95 Å². The molecule has 6 aromatic rings. The summed E-state index contributed by atoms with van der Waals surface area (Å²) in [5, 5.41) is 54.7. The van der Waals surface area contributed by atoms with E-state index in [0.717, 1.165) is 16.9 Å². The third-order valence-corrected chi connectivity index (χ3v) is 6.26. The van der Waals surface area contributed by atoms with Crippen LogP contribution in [0.4, 0.5) is 32.1 Å². The number of nitrogens with two attached hydrogens (primary N) is 2. The number of nitrogens with one attached hydrogen (secondary N) is 2. The molecule has 0 amide bonds. The largest absolute Gasteiger partial charge is 0.367 e. The van der Waals surface area contributed by atoms with Gasteiger partial charge in [-0.15, -0.1) is 5.10 Å². The van der Waals surface area contributed by atoms with Gasteiger partial charge in [-0.05, 0) is 62.4 Å². The number of rotatable bonds is 8. The van der Waals surface area contributed by atoms with Gasteiger partial charge in [0.25, 0.3) is 5.95 Å². The highest BCUT2D eigenvalue weighted by atomic mass is 35.5. The highest BCUT2D eigenvalue weighted by Gasteiger charge is 2.20. The fraction of sp³-hybridized carbons (Fsp3) is 0.0909. The molecule has 22 nitrogen and oxygen atoms in total. The first-order valence-corrected chi connectivity index (χ1v) is 13.5. The van der Waals surface area contributed by atoms with Crippen LogP contribution in [0.25, 0.3) is 0 Å². The molecule has 0 radical (unpaired) electrons. The molecular weight excluding hydrogens is 689 g/mol. The minimum absolute atomic E-state index is 0.0110. The molecule has 4 aromatic heterocycles. The molecule has 0 saturated heterocycles. The van der Waals surface area contributed by atoms with E-state index in [9.17, 15) is 19.2 Å². The molecule has 4 heterocycles. The first kappa shape index (κ1) is 33.1. The minimum Gasteiger partial charge on any atom is -0.367 e. The van der Waals surface area contributed by atoms with Crippen molar-refractivity contribution in [1.29, 1.82) is 0 Å². The zero-order chi connectivity index (χ0) is 34.2. The van der Waals surface area contributed by atoms with Crippen LogP contribution in [0.5, 0.6) is 0 Å². The number of hydrogen-bond donors (Lipinski definition) is 6. The first-order chi connectivity index (χ1) is 23.1. The zero-order valence-corrected chi connectivity index (χ0v) is 25.0. The van der Waals surface area contributed by atoms with Crippen LogP contribution in [0, 0.1) is 11.6 Å². The second-order valence-corrected chi connectivity index (χ2v) is 9.65. The second kappa shape index (κ2) is 14.9. The molecule has 0 aliphatic rings. The first-order valence-electron chi connectivity index (χ1n) is 12.7. The monoisotopic (exact) mass is 706 g/mol. The molecule has 0 saturated carbocycles. The van der Waals surface area contributed by atoms with Gasteiger partial charge in [-0.3, -0.25) is 21.4 Å². The minimum atomic E-state index is -0.591. The van der Waals surface area contributed by atoms with E-state index in [1.807, 2.05) is 11.0 Å². The maximum atomic E-state index is 13.2. The van der Waals surface area contributed by atoms with Crippen molar-refractivity contribution in [3.63, 3.8) is 0 Å². The Morgan fingerprint density at radius 3 is 1.77 bits per heavy atom. The lowest BCUT2D eigenvalue weighted by atomic mass is 10.2. The van der Waals surface area contributed by atoms with Crippen LogP contribution in [-0.2, 0) is 13.1 Å². The smallest absolute Gasteiger partial charge is 0.260 e. The molecule has 48 heavy (non-hydrogen) atoms. The van der Waals surface area contributed by atoms with E-state index in [0.29, 0.717) is 0 Å². The number of aliphatic imine (C=N–C) groups is 2. The Bertz CT molecular complexity index is 2080. The van der Waals surface area contributed by atoms with E-state index in [1.165, 1.54) is 28.9 Å². The Kier molecular flexibility index (Phi) is 10.3. The van der Waals surface area contributed by atoms with E-state index < -0.39 is 11.6 Å². The molecule has 26 heteroatoms. The fourth-order valence-corrected chi connectivity index (χ4v) is 3.88. The van der Waals surface area contributed by atoms with Gasteiger partial charge in [0.15, 0.2) is 23.1 Å². The predicted octanol–water partition coefficient (Wildman–Crippen LogP) is 1.07. The Morgan fingerprint density at radius 1 is 0.792 bits per heavy atom. The number of amidine groups is 2. The highest BCUT2D eigenvalue weighted by molar-refractivity contribution is 6.31. The van der Waals surface area contributed by atoms with E-state index in [2.05, 4.69) is 70.8 Å². The molecule has 248 valence electrons. The number of hydroxylamine groups is 2. The normalized spacial score (nSPS) is 11.7. The van der Waals surface area contributed by atoms with Crippen LogP contribution < -0.4 is 22.4 Å². The molecule has 0 fully saturated rings. The summed E-state index contributed by atoms with van der Waals surface area (Å²) in [5.41, 5.74) is 15.9. The van der Waals surface area contributed by atoms with Gasteiger partial charge in [-0.1, -0.05) is 43.7 Å². The quantitative estimate of drug-likeness (QED) is 0.0732. The topological polar surface area (TPSA) is 306 Å². The maximum Gasteiger partial charge on any atom is 0.260 e. The summed E-state index contributed by atoms with van der Waals surface area (Å²) in [6, 6.07) is 7.57. The molecule has 8 N–H and O–H groups in total. The van der Waals surface area contributed by atoms with Gasteiger partial charge in [0.05, 0.1) is 28.0 Å². The lowest BCUT2D eigenvalue weighted by Crippen LogP contribution is -2.23. The second-order valence-electron chi connectivity index (χ2n) is 8.83. The average Bonchev–Trinajstić information content (AvgIpc) is 3.89. The standard InChI is InChI=1S/2C11H9ClFN9O2/c12-6-3-5(1-2-7(6)13)15-10(18-23)9-8(19-24-20-9)4-22-17-11(14)16-21-22;12-6-3-5(1-2-7(6)13)15-10(17-23)9-8(18-24-19-9)4-22-11(14)16-20-21-22/h1-3,23H,4H2,(H2,14,17)(H,15,18);1-3,23H,4H2,(H,15,17)(H2,14,16,21). The molecule has 0 aliphatic carbocycles. The predicted molar refractivity (Wildman–Crippen MR) is 156 cm³/mol. The number of aromatic nitrogens is 12.